The molecule has 0 aliphatic rings. The van der Waals surface area contributed by atoms with E-state index in [1.54, 1.807) is 12.1 Å². The Morgan fingerprint density at radius 1 is 1.27 bits per heavy atom. The minimum Gasteiger partial charge on any atom is -0.508 e. The maximum atomic E-state index is 9.88. The smallest absolute Gasteiger partial charge is 0.115 e. The van der Waals surface area contributed by atoms with Crippen LogP contribution < -0.4 is 0 Å². The van der Waals surface area contributed by atoms with Crippen molar-refractivity contribution in [2.75, 3.05) is 13.7 Å². The molecule has 3 N–H and O–H groups in total. The van der Waals surface area contributed by atoms with Crippen LogP contribution in [0.4, 0.5) is 0 Å². The van der Waals surface area contributed by atoms with Crippen molar-refractivity contribution >= 4 is 0 Å². The second-order valence-corrected chi connectivity index (χ2v) is 3.32. The first-order valence-electron chi connectivity index (χ1n) is 4.79. The number of aliphatic hydroxyl groups excluding tert-OH is 2. The molecule has 0 bridgehead atoms. The Balaban J connectivity index is 2.73. The molecule has 4 nitrogen and oxygen atoms in total. The highest BCUT2D eigenvalue weighted by molar-refractivity contribution is 5.27. The molecule has 4 heteroatoms. The van der Waals surface area contributed by atoms with Gasteiger partial charge in [-0.05, 0) is 24.1 Å². The van der Waals surface area contributed by atoms with E-state index in [-0.39, 0.29) is 12.4 Å². The molecule has 1 aromatic rings. The van der Waals surface area contributed by atoms with E-state index in [4.69, 9.17) is 14.9 Å². The van der Waals surface area contributed by atoms with E-state index in [1.165, 1.54) is 19.2 Å². The number of hydrogen-bond donors (Lipinski definition) is 3. The van der Waals surface area contributed by atoms with Crippen molar-refractivity contribution in [2.24, 2.45) is 0 Å². The Hall–Kier alpha value is -1.10. The Labute approximate surface area is 88.8 Å². The normalized spacial score (nSPS) is 14.9. The summed E-state index contributed by atoms with van der Waals surface area (Å²) in [5, 5.41) is 27.7. The first kappa shape index (κ1) is 12.0. The molecule has 15 heavy (non-hydrogen) atoms. The minimum absolute atomic E-state index is 0.0341. The zero-order valence-corrected chi connectivity index (χ0v) is 8.63. The van der Waals surface area contributed by atoms with Gasteiger partial charge < -0.3 is 20.1 Å². The van der Waals surface area contributed by atoms with Gasteiger partial charge in [0, 0.05) is 13.7 Å². The molecule has 0 unspecified atom stereocenters. The fourth-order valence-electron chi connectivity index (χ4n) is 1.42. The molecular formula is C11H16O4. The van der Waals surface area contributed by atoms with E-state index < -0.39 is 12.2 Å². The molecule has 0 spiro atoms. The van der Waals surface area contributed by atoms with Crippen molar-refractivity contribution in [3.05, 3.63) is 29.8 Å². The molecule has 0 aliphatic carbocycles. The molecule has 0 radical (unpaired) electrons. The number of ether oxygens (including phenoxy) is 1. The Bertz CT molecular complexity index is 283. The number of phenols is 1. The van der Waals surface area contributed by atoms with Crippen LogP contribution in [0.15, 0.2) is 24.3 Å². The van der Waals surface area contributed by atoms with Crippen molar-refractivity contribution in [3.8, 4) is 5.75 Å². The lowest BCUT2D eigenvalue weighted by Gasteiger charge is -2.21. The standard InChI is InChI=1S/C11H16O4/c1-15-10(6-7-12)11(14)8-2-4-9(13)5-3-8/h2-5,10-14H,6-7H2,1H3/t10-,11-/m1/s1. The van der Waals surface area contributed by atoms with Gasteiger partial charge in [-0.15, -0.1) is 0 Å². The van der Waals surface area contributed by atoms with Crippen molar-refractivity contribution < 1.29 is 20.1 Å². The topological polar surface area (TPSA) is 69.9 Å². The molecular weight excluding hydrogens is 196 g/mol. The first-order valence-corrected chi connectivity index (χ1v) is 4.79. The zero-order chi connectivity index (χ0) is 11.3. The lowest BCUT2D eigenvalue weighted by atomic mass is 10.0. The molecule has 2 atom stereocenters. The number of hydrogen-bond acceptors (Lipinski definition) is 4. The molecule has 84 valence electrons. The fourth-order valence-corrected chi connectivity index (χ4v) is 1.42. The zero-order valence-electron chi connectivity index (χ0n) is 8.63. The highest BCUT2D eigenvalue weighted by atomic mass is 16.5. The second kappa shape index (κ2) is 5.70. The summed E-state index contributed by atoms with van der Waals surface area (Å²) in [6.07, 6.45) is -0.847. The average Bonchev–Trinajstić information content (AvgIpc) is 2.26. The minimum atomic E-state index is -0.789. The van der Waals surface area contributed by atoms with E-state index in [0.29, 0.717) is 12.0 Å². The Morgan fingerprint density at radius 3 is 2.33 bits per heavy atom. The van der Waals surface area contributed by atoms with Crippen LogP contribution in [0.3, 0.4) is 0 Å². The predicted molar refractivity (Wildman–Crippen MR) is 55.6 cm³/mol. The van der Waals surface area contributed by atoms with E-state index >= 15 is 0 Å². The van der Waals surface area contributed by atoms with E-state index in [9.17, 15) is 5.11 Å². The van der Waals surface area contributed by atoms with Crippen LogP contribution in [0.1, 0.15) is 18.1 Å². The summed E-state index contributed by atoms with van der Waals surface area (Å²) >= 11 is 0. The molecule has 0 heterocycles. The van der Waals surface area contributed by atoms with Gasteiger partial charge in [0.15, 0.2) is 0 Å². The second-order valence-electron chi connectivity index (χ2n) is 3.32. The third-order valence-corrected chi connectivity index (χ3v) is 2.30. The maximum Gasteiger partial charge on any atom is 0.115 e. The van der Waals surface area contributed by atoms with Gasteiger partial charge in [-0.25, -0.2) is 0 Å². The molecule has 1 aromatic carbocycles. The van der Waals surface area contributed by atoms with Crippen molar-refractivity contribution in [2.45, 2.75) is 18.6 Å². The van der Waals surface area contributed by atoms with Gasteiger partial charge in [0.2, 0.25) is 0 Å². The molecule has 0 amide bonds. The summed E-state index contributed by atoms with van der Waals surface area (Å²) in [5.41, 5.74) is 0.660. The van der Waals surface area contributed by atoms with Crippen LogP contribution in [0.25, 0.3) is 0 Å². The summed E-state index contributed by atoms with van der Waals surface area (Å²) in [4.78, 5) is 0. The average molecular weight is 212 g/mol. The number of methoxy groups -OCH3 is 1. The summed E-state index contributed by atoms with van der Waals surface area (Å²) in [6, 6.07) is 6.27. The monoisotopic (exact) mass is 212 g/mol. The van der Waals surface area contributed by atoms with Gasteiger partial charge in [0.1, 0.15) is 11.9 Å². The van der Waals surface area contributed by atoms with Gasteiger partial charge in [-0.2, -0.15) is 0 Å². The SMILES string of the molecule is CO[C@H](CCO)[C@H](O)c1ccc(O)cc1. The summed E-state index contributed by atoms with van der Waals surface area (Å²) in [7, 11) is 1.49. The fraction of sp³-hybridized carbons (Fsp3) is 0.455. The van der Waals surface area contributed by atoms with Crippen molar-refractivity contribution in [3.63, 3.8) is 0 Å². The quantitative estimate of drug-likeness (QED) is 0.676. The lowest BCUT2D eigenvalue weighted by molar-refractivity contribution is -0.0253. The van der Waals surface area contributed by atoms with Gasteiger partial charge in [0.05, 0.1) is 6.10 Å². The van der Waals surface area contributed by atoms with Crippen molar-refractivity contribution in [1.29, 1.82) is 0 Å². The van der Waals surface area contributed by atoms with Gasteiger partial charge in [-0.3, -0.25) is 0 Å². The molecule has 0 aliphatic heterocycles. The van der Waals surface area contributed by atoms with Crippen LogP contribution in [0.2, 0.25) is 0 Å². The summed E-state index contributed by atoms with van der Waals surface area (Å²) < 4.78 is 5.06. The van der Waals surface area contributed by atoms with Crippen LogP contribution in [-0.4, -0.2) is 35.1 Å². The molecule has 0 fully saturated rings. The van der Waals surface area contributed by atoms with Gasteiger partial charge in [0.25, 0.3) is 0 Å². The molecule has 0 saturated heterocycles. The van der Waals surface area contributed by atoms with E-state index in [1.807, 2.05) is 0 Å². The number of rotatable bonds is 5. The third kappa shape index (κ3) is 3.20. The largest absolute Gasteiger partial charge is 0.508 e. The maximum absolute atomic E-state index is 9.88. The lowest BCUT2D eigenvalue weighted by Crippen LogP contribution is -2.22. The Morgan fingerprint density at radius 2 is 1.87 bits per heavy atom. The highest BCUT2D eigenvalue weighted by Crippen LogP contribution is 2.22. The van der Waals surface area contributed by atoms with Crippen LogP contribution in [0.5, 0.6) is 5.75 Å². The van der Waals surface area contributed by atoms with Crippen LogP contribution in [0, 0.1) is 0 Å². The number of aromatic hydroxyl groups is 1. The Kier molecular flexibility index (Phi) is 4.55. The predicted octanol–water partition coefficient (Wildman–Crippen LogP) is 0.823. The molecule has 0 aromatic heterocycles. The first-order chi connectivity index (χ1) is 7.19. The van der Waals surface area contributed by atoms with E-state index in [2.05, 4.69) is 0 Å². The number of benzene rings is 1. The van der Waals surface area contributed by atoms with Crippen LogP contribution >= 0.6 is 0 Å². The highest BCUT2D eigenvalue weighted by Gasteiger charge is 2.19. The summed E-state index contributed by atoms with van der Waals surface area (Å²) in [5.74, 6) is 0.155. The third-order valence-electron chi connectivity index (χ3n) is 2.30. The van der Waals surface area contributed by atoms with Crippen molar-refractivity contribution in [1.82, 2.24) is 0 Å². The van der Waals surface area contributed by atoms with E-state index in [0.717, 1.165) is 0 Å². The number of aliphatic hydroxyl groups is 2. The molecule has 0 saturated carbocycles. The molecule has 1 rings (SSSR count). The van der Waals surface area contributed by atoms with Crippen LogP contribution in [-0.2, 0) is 4.74 Å². The van der Waals surface area contributed by atoms with Gasteiger partial charge >= 0.3 is 0 Å². The summed E-state index contributed by atoms with van der Waals surface area (Å²) in [6.45, 7) is -0.0341. The number of phenolic OH excluding ortho intramolecular Hbond substituents is 1. The van der Waals surface area contributed by atoms with Gasteiger partial charge in [-0.1, -0.05) is 12.1 Å².